The summed E-state index contributed by atoms with van der Waals surface area (Å²) in [6, 6.07) is 8.62. The molecule has 1 saturated carbocycles. The Bertz CT molecular complexity index is 1110. The first-order valence-corrected chi connectivity index (χ1v) is 11.1. The molecule has 7 nitrogen and oxygen atoms in total. The van der Waals surface area contributed by atoms with E-state index in [0.29, 0.717) is 24.0 Å². The van der Waals surface area contributed by atoms with Crippen LogP contribution in [-0.4, -0.2) is 72.8 Å². The molecule has 1 aliphatic heterocycles. The van der Waals surface area contributed by atoms with Crippen molar-refractivity contribution in [2.75, 3.05) is 6.61 Å². The maximum Gasteiger partial charge on any atom is 0.248 e. The predicted molar refractivity (Wildman–Crippen MR) is 118 cm³/mol. The van der Waals surface area contributed by atoms with E-state index in [-0.39, 0.29) is 18.9 Å². The lowest BCUT2D eigenvalue weighted by Gasteiger charge is -2.43. The highest BCUT2D eigenvalue weighted by atomic mass is 19.3. The van der Waals surface area contributed by atoms with Crippen molar-refractivity contribution < 1.29 is 33.9 Å². The van der Waals surface area contributed by atoms with Crippen LogP contribution in [0.1, 0.15) is 42.9 Å². The van der Waals surface area contributed by atoms with E-state index in [0.717, 1.165) is 0 Å². The highest BCUT2D eigenvalue weighted by Gasteiger charge is 2.53. The summed E-state index contributed by atoms with van der Waals surface area (Å²) in [5.41, 5.74) is -1.20. The van der Waals surface area contributed by atoms with Gasteiger partial charge in [-0.1, -0.05) is 41.9 Å². The highest BCUT2D eigenvalue weighted by Crippen LogP contribution is 2.38. The summed E-state index contributed by atoms with van der Waals surface area (Å²) < 4.78 is 34.1. The van der Waals surface area contributed by atoms with Crippen molar-refractivity contribution in [3.8, 4) is 23.7 Å². The number of aromatic nitrogens is 2. The quantitative estimate of drug-likeness (QED) is 0.490. The Kier molecular flexibility index (Phi) is 7.04. The third-order valence-corrected chi connectivity index (χ3v) is 6.24. The lowest BCUT2D eigenvalue weighted by atomic mass is 9.82. The molecule has 2 heterocycles. The van der Waals surface area contributed by atoms with Gasteiger partial charge in [-0.25, -0.2) is 8.78 Å². The molecule has 4 N–H and O–H groups in total. The van der Waals surface area contributed by atoms with E-state index in [2.05, 4.69) is 28.8 Å². The number of aliphatic hydroxyl groups excluding tert-OH is 3. The second-order valence-electron chi connectivity index (χ2n) is 8.68. The molecule has 0 bridgehead atoms. The van der Waals surface area contributed by atoms with Crippen molar-refractivity contribution in [3.05, 3.63) is 53.9 Å². The van der Waals surface area contributed by atoms with Gasteiger partial charge in [0, 0.05) is 24.6 Å². The van der Waals surface area contributed by atoms with Crippen LogP contribution in [0, 0.1) is 23.7 Å². The molecule has 2 aromatic rings. The molecule has 0 spiro atoms. The van der Waals surface area contributed by atoms with Crippen LogP contribution in [-0.2, 0) is 4.74 Å². The Labute approximate surface area is 196 Å². The van der Waals surface area contributed by atoms with E-state index in [1.54, 1.807) is 41.2 Å². The van der Waals surface area contributed by atoms with Crippen LogP contribution in [0.2, 0.25) is 0 Å². The number of aliphatic hydroxyl groups is 4. The Morgan fingerprint density at radius 2 is 1.79 bits per heavy atom. The van der Waals surface area contributed by atoms with Crippen LogP contribution in [0.5, 0.6) is 0 Å². The number of ether oxygens (including phenoxy) is 1. The highest BCUT2D eigenvalue weighted by molar-refractivity contribution is 5.41. The van der Waals surface area contributed by atoms with Crippen LogP contribution in [0.25, 0.3) is 0 Å². The molecule has 0 amide bonds. The zero-order valence-corrected chi connectivity index (χ0v) is 18.3. The second-order valence-corrected chi connectivity index (χ2v) is 8.68. The van der Waals surface area contributed by atoms with Crippen LogP contribution in [0.4, 0.5) is 8.78 Å². The average molecular weight is 472 g/mol. The maximum atomic E-state index is 13.4. The Morgan fingerprint density at radius 3 is 2.47 bits per heavy atom. The lowest BCUT2D eigenvalue weighted by molar-refractivity contribution is -0.239. The van der Waals surface area contributed by atoms with Gasteiger partial charge < -0.3 is 25.2 Å². The summed E-state index contributed by atoms with van der Waals surface area (Å²) >= 11 is 0. The number of hydrogen-bond donors (Lipinski definition) is 4. The Balaban J connectivity index is 1.58. The zero-order valence-electron chi connectivity index (χ0n) is 18.3. The van der Waals surface area contributed by atoms with Crippen molar-refractivity contribution >= 4 is 0 Å². The smallest absolute Gasteiger partial charge is 0.248 e. The van der Waals surface area contributed by atoms with Crippen LogP contribution in [0.15, 0.2) is 42.7 Å². The Hall–Kier alpha value is -2.79. The van der Waals surface area contributed by atoms with Crippen LogP contribution in [0.3, 0.4) is 0 Å². The molecule has 1 aromatic carbocycles. The maximum absolute atomic E-state index is 13.4. The molecule has 1 aromatic heterocycles. The third kappa shape index (κ3) is 5.15. The minimum absolute atomic E-state index is 0.148. The first-order chi connectivity index (χ1) is 16.2. The monoisotopic (exact) mass is 472 g/mol. The molecule has 180 valence electrons. The van der Waals surface area contributed by atoms with Crippen molar-refractivity contribution in [2.24, 2.45) is 0 Å². The number of hydrogen-bond acceptors (Lipinski definition) is 6. The SMILES string of the molecule is OC[C@H]1O[C@H](C#Cc2cnn(C3CCC(F)(F)CC3)c2)[C@](O)(C#Cc2ccccc2)[C@@H](O)[C@@H]1O. The van der Waals surface area contributed by atoms with Gasteiger partial charge in [-0.3, -0.25) is 4.68 Å². The van der Waals surface area contributed by atoms with Gasteiger partial charge in [0.15, 0.2) is 11.7 Å². The number of alkyl halides is 2. The standard InChI is InChI=1S/C25H26F2N2O5/c26-24(27)11-9-19(10-12-24)29-15-18(14-28-29)6-7-21-25(33,13-8-17-4-2-1-3-5-17)23(32)22(31)20(16-30)34-21/h1-5,14-15,19-23,30-33H,9-12,16H2/t20-,21-,22-,23+,25-/m1/s1. The van der Waals surface area contributed by atoms with Gasteiger partial charge in [-0.15, -0.1) is 0 Å². The van der Waals surface area contributed by atoms with E-state index in [1.807, 2.05) is 0 Å². The van der Waals surface area contributed by atoms with Gasteiger partial charge in [-0.2, -0.15) is 5.10 Å². The fourth-order valence-corrected chi connectivity index (χ4v) is 4.15. The molecule has 1 saturated heterocycles. The average Bonchev–Trinajstić information content (AvgIpc) is 3.30. The number of halogens is 2. The molecule has 34 heavy (non-hydrogen) atoms. The van der Waals surface area contributed by atoms with Gasteiger partial charge in [0.1, 0.15) is 18.3 Å². The first-order valence-electron chi connectivity index (χ1n) is 11.1. The van der Waals surface area contributed by atoms with E-state index in [4.69, 9.17) is 4.74 Å². The van der Waals surface area contributed by atoms with Crippen LogP contribution >= 0.6 is 0 Å². The van der Waals surface area contributed by atoms with Gasteiger partial charge in [0.05, 0.1) is 24.4 Å². The van der Waals surface area contributed by atoms with E-state index in [1.165, 1.54) is 6.20 Å². The molecule has 0 unspecified atom stereocenters. The molecule has 4 rings (SSSR count). The lowest BCUT2D eigenvalue weighted by Crippen LogP contribution is -2.65. The summed E-state index contributed by atoms with van der Waals surface area (Å²) in [6.45, 7) is -0.594. The molecule has 0 radical (unpaired) electrons. The van der Waals surface area contributed by atoms with Crippen molar-refractivity contribution in [2.45, 2.75) is 67.7 Å². The molecule has 2 fully saturated rings. The van der Waals surface area contributed by atoms with Crippen LogP contribution < -0.4 is 0 Å². The normalized spacial score (nSPS) is 31.1. The topological polar surface area (TPSA) is 108 Å². The van der Waals surface area contributed by atoms with Crippen molar-refractivity contribution in [1.82, 2.24) is 9.78 Å². The van der Waals surface area contributed by atoms with Gasteiger partial charge in [-0.05, 0) is 25.0 Å². The summed E-state index contributed by atoms with van der Waals surface area (Å²) in [4.78, 5) is 0. The molecule has 2 aliphatic rings. The second kappa shape index (κ2) is 9.83. The fraction of sp³-hybridized carbons (Fsp3) is 0.480. The number of nitrogens with zero attached hydrogens (tertiary/aromatic N) is 2. The Morgan fingerprint density at radius 1 is 1.09 bits per heavy atom. The molecule has 1 aliphatic carbocycles. The van der Waals surface area contributed by atoms with Gasteiger partial charge in [0.2, 0.25) is 5.92 Å². The summed E-state index contributed by atoms with van der Waals surface area (Å²) in [6.07, 6.45) is -2.50. The minimum Gasteiger partial charge on any atom is -0.394 e. The van der Waals surface area contributed by atoms with E-state index in [9.17, 15) is 29.2 Å². The molecule has 9 heteroatoms. The van der Waals surface area contributed by atoms with Crippen molar-refractivity contribution in [3.63, 3.8) is 0 Å². The molecular formula is C25H26F2N2O5. The van der Waals surface area contributed by atoms with E-state index < -0.39 is 42.5 Å². The fourth-order valence-electron chi connectivity index (χ4n) is 4.15. The molecule has 5 atom stereocenters. The number of benzene rings is 1. The van der Waals surface area contributed by atoms with Gasteiger partial charge >= 0.3 is 0 Å². The number of rotatable bonds is 2. The summed E-state index contributed by atoms with van der Waals surface area (Å²) in [7, 11) is 0. The summed E-state index contributed by atoms with van der Waals surface area (Å²) in [5.74, 6) is 8.26. The van der Waals surface area contributed by atoms with Crippen molar-refractivity contribution in [1.29, 1.82) is 0 Å². The predicted octanol–water partition coefficient (Wildman–Crippen LogP) is 1.25. The molecular weight excluding hydrogens is 446 g/mol. The first kappa shape index (κ1) is 24.3. The van der Waals surface area contributed by atoms with Gasteiger partial charge in [0.25, 0.3) is 0 Å². The zero-order chi connectivity index (χ0) is 24.3. The minimum atomic E-state index is -2.63. The largest absolute Gasteiger partial charge is 0.394 e. The van der Waals surface area contributed by atoms with E-state index >= 15 is 0 Å². The third-order valence-electron chi connectivity index (χ3n) is 6.24. The summed E-state index contributed by atoms with van der Waals surface area (Å²) in [5, 5.41) is 45.8.